The standard InChI is InChI=1S/C52H54F2N8O7/c1-30-38(23-36(53)24-41(30)58-48(65)37-11-10-34(22-40(37)54)51(2,3)68)46-39-25-42(57-47(39)56-29-55-46)32-7-5-31(6-8-32)26-60-18-14-52(35(27-60)28-63)15-19-61(20-16-52)49(66)33-9-12-44(69-4)43(21-33)62-17-13-45(64)59-50(62)67/h5-12,21-25,29,35,63,68H,13-20,26-28H2,1-4H3,(H,58,65)(H,55,56,57)(H,59,64,67). The number of ether oxygens (including phenoxy) is 1. The monoisotopic (exact) mass is 940 g/mol. The van der Waals surface area contributed by atoms with Gasteiger partial charge in [0.2, 0.25) is 5.91 Å². The maximum absolute atomic E-state index is 15.3. The van der Waals surface area contributed by atoms with Crippen molar-refractivity contribution in [1.29, 1.82) is 0 Å². The molecule has 9 rings (SSSR count). The van der Waals surface area contributed by atoms with Crippen LogP contribution in [0, 0.1) is 29.9 Å². The first kappa shape index (κ1) is 47.0. The number of piperidine rings is 2. The number of nitrogens with zero attached hydrogens (tertiary/aromatic N) is 5. The van der Waals surface area contributed by atoms with E-state index >= 15 is 8.78 Å². The number of amides is 5. The van der Waals surface area contributed by atoms with Gasteiger partial charge < -0.3 is 30.2 Å². The predicted octanol–water partition coefficient (Wildman–Crippen LogP) is 7.55. The van der Waals surface area contributed by atoms with Crippen LogP contribution in [0.2, 0.25) is 0 Å². The molecule has 3 aliphatic rings. The molecule has 3 fully saturated rings. The third-order valence-corrected chi connectivity index (χ3v) is 14.2. The highest BCUT2D eigenvalue weighted by atomic mass is 19.1. The molecule has 6 aromatic rings. The van der Waals surface area contributed by atoms with Gasteiger partial charge in [0.25, 0.3) is 11.8 Å². The number of carbonyl (C=O) groups excluding carboxylic acids is 4. The Balaban J connectivity index is 0.840. The predicted molar refractivity (Wildman–Crippen MR) is 256 cm³/mol. The van der Waals surface area contributed by atoms with Gasteiger partial charge in [0, 0.05) is 79.6 Å². The topological polar surface area (TPSA) is 193 Å². The van der Waals surface area contributed by atoms with Crippen molar-refractivity contribution in [1.82, 2.24) is 30.1 Å². The van der Waals surface area contributed by atoms with Gasteiger partial charge in [0.05, 0.1) is 29.7 Å². The maximum Gasteiger partial charge on any atom is 0.328 e. The molecule has 2 aromatic heterocycles. The average Bonchev–Trinajstić information content (AvgIpc) is 3.78. The number of aliphatic hydroxyl groups is 2. The number of halogens is 2. The van der Waals surface area contributed by atoms with E-state index in [9.17, 15) is 29.4 Å². The van der Waals surface area contributed by atoms with Crippen LogP contribution >= 0.6 is 0 Å². The Bertz CT molecular complexity index is 2980. The van der Waals surface area contributed by atoms with Gasteiger partial charge in [-0.2, -0.15) is 0 Å². The Morgan fingerprint density at radius 3 is 2.39 bits per heavy atom. The van der Waals surface area contributed by atoms with Crippen molar-refractivity contribution in [2.75, 3.05) is 56.7 Å². The zero-order chi connectivity index (χ0) is 48.8. The van der Waals surface area contributed by atoms with Gasteiger partial charge in [-0.05, 0) is 123 Å². The Labute approximate surface area is 397 Å². The molecule has 0 saturated carbocycles. The van der Waals surface area contributed by atoms with Crippen molar-refractivity contribution in [3.8, 4) is 28.3 Å². The Kier molecular flexibility index (Phi) is 12.8. The number of imide groups is 1. The van der Waals surface area contributed by atoms with Crippen molar-refractivity contribution in [3.63, 3.8) is 0 Å². The first-order chi connectivity index (χ1) is 33.0. The molecule has 17 heteroatoms. The summed E-state index contributed by atoms with van der Waals surface area (Å²) in [4.78, 5) is 69.4. The Morgan fingerprint density at radius 2 is 1.70 bits per heavy atom. The number of urea groups is 1. The summed E-state index contributed by atoms with van der Waals surface area (Å²) in [5.41, 5.74) is 4.37. The molecule has 3 aliphatic heterocycles. The summed E-state index contributed by atoms with van der Waals surface area (Å²) in [5, 5.41) is 26.6. The SMILES string of the molecule is COc1ccc(C(=O)N2CCC3(CCN(Cc4ccc(-c5cc6c(-c7cc(F)cc(NC(=O)c8ccc(C(C)(C)O)cc8F)c7C)ncnc6[nH]5)cc4)CC3CO)CC2)cc1N1CCC(=O)NC1=O. The lowest BCUT2D eigenvalue weighted by atomic mass is 9.64. The molecule has 1 unspecified atom stereocenters. The number of H-pyrrole nitrogens is 1. The number of aromatic amines is 1. The van der Waals surface area contributed by atoms with Gasteiger partial charge in [-0.15, -0.1) is 0 Å². The van der Waals surface area contributed by atoms with Gasteiger partial charge in [-0.3, -0.25) is 29.5 Å². The van der Waals surface area contributed by atoms with Crippen LogP contribution in [0.15, 0.2) is 85.2 Å². The molecule has 0 aliphatic carbocycles. The summed E-state index contributed by atoms with van der Waals surface area (Å²) < 4.78 is 35.8. The lowest BCUT2D eigenvalue weighted by Crippen LogP contribution is -2.54. The van der Waals surface area contributed by atoms with E-state index in [1.54, 1.807) is 25.1 Å². The fraction of sp³-hybridized carbons (Fsp3) is 0.346. The van der Waals surface area contributed by atoms with E-state index in [1.807, 2.05) is 23.1 Å². The Morgan fingerprint density at radius 1 is 0.942 bits per heavy atom. The summed E-state index contributed by atoms with van der Waals surface area (Å²) in [6.45, 7) is 8.33. The highest BCUT2D eigenvalue weighted by Gasteiger charge is 2.45. The third kappa shape index (κ3) is 9.41. The molecule has 4 aromatic carbocycles. The van der Waals surface area contributed by atoms with E-state index in [-0.39, 0.29) is 54.0 Å². The number of fused-ring (bicyclic) bond motifs is 1. The molecule has 0 radical (unpaired) electrons. The van der Waals surface area contributed by atoms with Crippen molar-refractivity contribution in [2.24, 2.45) is 11.3 Å². The number of hydrogen-bond donors (Lipinski definition) is 5. The number of nitrogens with one attached hydrogen (secondary N) is 3. The van der Waals surface area contributed by atoms with Crippen LogP contribution in [0.5, 0.6) is 5.75 Å². The first-order valence-electron chi connectivity index (χ1n) is 23.0. The second kappa shape index (κ2) is 18.8. The average molecular weight is 941 g/mol. The molecule has 5 heterocycles. The number of carbonyl (C=O) groups is 4. The van der Waals surface area contributed by atoms with E-state index < -0.39 is 29.2 Å². The van der Waals surface area contributed by atoms with E-state index in [0.717, 1.165) is 55.2 Å². The van der Waals surface area contributed by atoms with Crippen LogP contribution in [0.25, 0.3) is 33.5 Å². The molecule has 5 N–H and O–H groups in total. The number of aliphatic hydroxyl groups excluding tert-OH is 1. The minimum atomic E-state index is -1.30. The minimum Gasteiger partial charge on any atom is -0.495 e. The highest BCUT2D eigenvalue weighted by molar-refractivity contribution is 6.07. The highest BCUT2D eigenvalue weighted by Crippen LogP contribution is 2.46. The summed E-state index contributed by atoms with van der Waals surface area (Å²) >= 11 is 0. The van der Waals surface area contributed by atoms with E-state index in [2.05, 4.69) is 42.6 Å². The summed E-state index contributed by atoms with van der Waals surface area (Å²) in [6, 6.07) is 21.0. The van der Waals surface area contributed by atoms with Crippen LogP contribution in [-0.4, -0.2) is 105 Å². The van der Waals surface area contributed by atoms with Gasteiger partial charge >= 0.3 is 6.03 Å². The molecule has 1 atom stereocenters. The quantitative estimate of drug-likeness (QED) is 0.0867. The second-order valence-corrected chi connectivity index (χ2v) is 18.9. The number of aromatic nitrogens is 3. The maximum atomic E-state index is 15.3. The van der Waals surface area contributed by atoms with Crippen molar-refractivity contribution >= 4 is 46.2 Å². The van der Waals surface area contributed by atoms with Gasteiger partial charge in [-0.25, -0.2) is 23.5 Å². The van der Waals surface area contributed by atoms with Gasteiger partial charge in [0.15, 0.2) is 0 Å². The number of methoxy groups -OCH3 is 1. The van der Waals surface area contributed by atoms with E-state index in [1.165, 1.54) is 56.4 Å². The zero-order valence-electron chi connectivity index (χ0n) is 38.9. The zero-order valence-corrected chi connectivity index (χ0v) is 38.9. The summed E-state index contributed by atoms with van der Waals surface area (Å²) in [7, 11) is 1.49. The van der Waals surface area contributed by atoms with Crippen molar-refractivity contribution in [3.05, 3.63) is 125 Å². The molecule has 69 heavy (non-hydrogen) atoms. The van der Waals surface area contributed by atoms with E-state index in [0.29, 0.717) is 70.1 Å². The minimum absolute atomic E-state index is 0.0343. The van der Waals surface area contributed by atoms with E-state index in [4.69, 9.17) is 4.74 Å². The fourth-order valence-electron chi connectivity index (χ4n) is 10.1. The van der Waals surface area contributed by atoms with Crippen molar-refractivity contribution in [2.45, 2.75) is 58.6 Å². The van der Waals surface area contributed by atoms with Crippen LogP contribution in [0.3, 0.4) is 0 Å². The number of anilines is 2. The molecule has 3 saturated heterocycles. The molecular weight excluding hydrogens is 887 g/mol. The molecule has 358 valence electrons. The van der Waals surface area contributed by atoms with Gasteiger partial charge in [-0.1, -0.05) is 30.3 Å². The van der Waals surface area contributed by atoms with Gasteiger partial charge in [0.1, 0.15) is 29.4 Å². The number of benzene rings is 4. The molecule has 5 amide bonds. The van der Waals surface area contributed by atoms with Crippen LogP contribution < -0.4 is 20.3 Å². The van der Waals surface area contributed by atoms with Crippen LogP contribution in [0.4, 0.5) is 25.0 Å². The molecular formula is C52H54F2N8O7. The fourth-order valence-corrected chi connectivity index (χ4v) is 10.1. The summed E-state index contributed by atoms with van der Waals surface area (Å²) in [5.74, 6) is -2.24. The number of likely N-dealkylation sites (tertiary alicyclic amines) is 2. The van der Waals surface area contributed by atoms with Crippen LogP contribution in [0.1, 0.15) is 76.9 Å². The summed E-state index contributed by atoms with van der Waals surface area (Å²) in [6.07, 6.45) is 3.95. The smallest absolute Gasteiger partial charge is 0.328 e. The third-order valence-electron chi connectivity index (χ3n) is 14.2. The Hall–Kier alpha value is -7.08. The second-order valence-electron chi connectivity index (χ2n) is 18.9. The lowest BCUT2D eigenvalue weighted by molar-refractivity contribution is -0.120. The first-order valence-corrected chi connectivity index (χ1v) is 23.0. The molecule has 0 bridgehead atoms. The molecule has 15 nitrogen and oxygen atoms in total. The number of rotatable bonds is 11. The largest absolute Gasteiger partial charge is 0.495 e. The normalized spacial score (nSPS) is 17.6. The lowest BCUT2D eigenvalue weighted by Gasteiger charge is -2.51. The van der Waals surface area contributed by atoms with Crippen LogP contribution in [-0.2, 0) is 16.9 Å². The van der Waals surface area contributed by atoms with Crippen molar-refractivity contribution < 1.29 is 42.9 Å². The molecule has 1 spiro atoms. The number of hydrogen-bond acceptors (Lipinski definition) is 10.